The number of hydrogen-bond donors (Lipinski definition) is 1. The first-order valence-corrected chi connectivity index (χ1v) is 15.9. The third-order valence-corrected chi connectivity index (χ3v) is 7.62. The van der Waals surface area contributed by atoms with Crippen LogP contribution in [0.25, 0.3) is 11.0 Å². The predicted octanol–water partition coefficient (Wildman–Crippen LogP) is 9.06. The van der Waals surface area contributed by atoms with Gasteiger partial charge in [0.2, 0.25) is 0 Å². The van der Waals surface area contributed by atoms with Crippen molar-refractivity contribution >= 4 is 16.9 Å². The van der Waals surface area contributed by atoms with Crippen molar-refractivity contribution in [2.24, 2.45) is 0 Å². The molecule has 0 bridgehead atoms. The first-order chi connectivity index (χ1) is 19.7. The number of carbonyl (C=O) groups is 1. The number of hydrogen-bond acceptors (Lipinski definition) is 6. The van der Waals surface area contributed by atoms with E-state index in [0.29, 0.717) is 37.2 Å². The molecule has 0 radical (unpaired) electrons. The molecule has 2 rings (SSSR count). The lowest BCUT2D eigenvalue weighted by atomic mass is 9.95. The fourth-order valence-electron chi connectivity index (χ4n) is 4.93. The number of unbranched alkanes of at least 4 members (excludes halogenated alkanes) is 12. The number of fused-ring (bicyclic) bond motifs is 1. The van der Waals surface area contributed by atoms with E-state index in [-0.39, 0.29) is 5.97 Å². The number of allylic oxidation sites excluding steroid dienone is 1. The van der Waals surface area contributed by atoms with E-state index in [4.69, 9.17) is 13.9 Å². The van der Waals surface area contributed by atoms with E-state index in [9.17, 15) is 14.7 Å². The van der Waals surface area contributed by atoms with Crippen LogP contribution in [0.2, 0.25) is 0 Å². The molecule has 1 aromatic heterocycles. The molecule has 2 aromatic rings. The Morgan fingerprint density at radius 1 is 0.902 bits per heavy atom. The van der Waals surface area contributed by atoms with Gasteiger partial charge in [-0.3, -0.25) is 4.79 Å². The molecule has 0 fully saturated rings. The highest BCUT2D eigenvalue weighted by atomic mass is 16.6. The van der Waals surface area contributed by atoms with Gasteiger partial charge in [-0.15, -0.1) is 0 Å². The molecular weight excluding hydrogens is 516 g/mol. The molecule has 0 spiro atoms. The second-order valence-electron chi connectivity index (χ2n) is 12.0. The molecule has 41 heavy (non-hydrogen) atoms. The number of rotatable bonds is 22. The summed E-state index contributed by atoms with van der Waals surface area (Å²) in [5.74, 6) is 0.389. The molecule has 0 saturated carbocycles. The van der Waals surface area contributed by atoms with Crippen LogP contribution in [0.1, 0.15) is 130 Å². The van der Waals surface area contributed by atoms with Gasteiger partial charge in [0.1, 0.15) is 24.0 Å². The SMILES string of the molecule is CCCCCCCCCCCCCCCC(=O)O[C@H](CC/C(C)=C/COc1ccc2ccc(=O)oc2c1)C(C)(C)O. The smallest absolute Gasteiger partial charge is 0.336 e. The summed E-state index contributed by atoms with van der Waals surface area (Å²) in [5, 5.41) is 11.4. The van der Waals surface area contributed by atoms with E-state index in [1.165, 1.54) is 76.7 Å². The maximum atomic E-state index is 12.5. The third kappa shape index (κ3) is 15.3. The van der Waals surface area contributed by atoms with Crippen LogP contribution in [0.4, 0.5) is 0 Å². The number of carbonyl (C=O) groups excluding carboxylic acids is 1. The van der Waals surface area contributed by atoms with Gasteiger partial charge in [0.25, 0.3) is 0 Å². The number of aliphatic hydroxyl groups is 1. The van der Waals surface area contributed by atoms with Gasteiger partial charge in [0.15, 0.2) is 0 Å². The van der Waals surface area contributed by atoms with Crippen LogP contribution in [-0.2, 0) is 9.53 Å². The van der Waals surface area contributed by atoms with Crippen molar-refractivity contribution < 1.29 is 23.8 Å². The minimum absolute atomic E-state index is 0.229. The third-order valence-electron chi connectivity index (χ3n) is 7.62. The van der Waals surface area contributed by atoms with Crippen molar-refractivity contribution in [2.45, 2.75) is 142 Å². The van der Waals surface area contributed by atoms with Crippen LogP contribution < -0.4 is 10.4 Å². The number of esters is 1. The van der Waals surface area contributed by atoms with Crippen molar-refractivity contribution in [3.05, 3.63) is 52.4 Å². The Morgan fingerprint density at radius 2 is 1.49 bits per heavy atom. The van der Waals surface area contributed by atoms with Crippen LogP contribution in [0.3, 0.4) is 0 Å². The topological polar surface area (TPSA) is 86.0 Å². The van der Waals surface area contributed by atoms with Crippen molar-refractivity contribution in [3.8, 4) is 5.75 Å². The van der Waals surface area contributed by atoms with Crippen LogP contribution in [0.15, 0.2) is 51.2 Å². The minimum atomic E-state index is -1.11. The largest absolute Gasteiger partial charge is 0.489 e. The maximum Gasteiger partial charge on any atom is 0.336 e. The van der Waals surface area contributed by atoms with E-state index in [1.54, 1.807) is 26.0 Å². The predicted molar refractivity (Wildman–Crippen MR) is 167 cm³/mol. The van der Waals surface area contributed by atoms with Crippen LogP contribution in [-0.4, -0.2) is 29.4 Å². The molecule has 6 heteroatoms. The van der Waals surface area contributed by atoms with Crippen molar-refractivity contribution in [1.29, 1.82) is 0 Å². The van der Waals surface area contributed by atoms with Crippen molar-refractivity contribution in [3.63, 3.8) is 0 Å². The first kappa shape index (κ1) is 34.6. The van der Waals surface area contributed by atoms with Crippen molar-refractivity contribution in [1.82, 2.24) is 0 Å². The standard InChI is InChI=1S/C35H54O6/c1-5-6-7-8-9-10-11-12-13-14-15-16-17-18-33(36)41-32(35(3,4)38)23-19-28(2)25-26-39-30-22-20-29-21-24-34(37)40-31(29)27-30/h20-22,24-25,27,32,38H,5-19,23,26H2,1-4H3/b28-25+/t32-/m1/s1. The van der Waals surface area contributed by atoms with Crippen LogP contribution in [0.5, 0.6) is 5.75 Å². The zero-order chi connectivity index (χ0) is 29.9. The summed E-state index contributed by atoms with van der Waals surface area (Å²) < 4.78 is 16.7. The van der Waals surface area contributed by atoms with E-state index >= 15 is 0 Å². The molecule has 1 atom stereocenters. The molecule has 6 nitrogen and oxygen atoms in total. The summed E-state index contributed by atoms with van der Waals surface area (Å²) >= 11 is 0. The lowest BCUT2D eigenvalue weighted by molar-refractivity contribution is -0.162. The van der Waals surface area contributed by atoms with E-state index < -0.39 is 17.3 Å². The van der Waals surface area contributed by atoms with Gasteiger partial charge in [-0.1, -0.05) is 89.5 Å². The second-order valence-corrected chi connectivity index (χ2v) is 12.0. The molecule has 0 unspecified atom stereocenters. The van der Waals surface area contributed by atoms with E-state index in [1.807, 2.05) is 25.1 Å². The molecule has 1 aromatic carbocycles. The van der Waals surface area contributed by atoms with Crippen molar-refractivity contribution in [2.75, 3.05) is 6.61 Å². The van der Waals surface area contributed by atoms with Crippen LogP contribution >= 0.6 is 0 Å². The highest BCUT2D eigenvalue weighted by molar-refractivity contribution is 5.77. The van der Waals surface area contributed by atoms with Gasteiger partial charge < -0.3 is 19.0 Å². The zero-order valence-electron chi connectivity index (χ0n) is 26.1. The number of benzene rings is 1. The Hall–Kier alpha value is -2.60. The van der Waals surface area contributed by atoms with E-state index in [2.05, 4.69) is 6.92 Å². The monoisotopic (exact) mass is 570 g/mol. The molecule has 1 heterocycles. The molecule has 0 aliphatic heterocycles. The average molecular weight is 571 g/mol. The van der Waals surface area contributed by atoms with Gasteiger partial charge in [0.05, 0.1) is 5.60 Å². The average Bonchev–Trinajstić information content (AvgIpc) is 2.92. The molecular formula is C35H54O6. The normalized spacial score (nSPS) is 13.0. The van der Waals surface area contributed by atoms with Gasteiger partial charge in [-0.05, 0) is 64.3 Å². The van der Waals surface area contributed by atoms with E-state index in [0.717, 1.165) is 23.8 Å². The Kier molecular flexibility index (Phi) is 16.5. The summed E-state index contributed by atoms with van der Waals surface area (Å²) in [5.41, 5.74) is 0.0671. The molecule has 0 saturated heterocycles. The highest BCUT2D eigenvalue weighted by Gasteiger charge is 2.30. The molecule has 1 N–H and O–H groups in total. The molecule has 0 amide bonds. The second kappa shape index (κ2) is 19.5. The van der Waals surface area contributed by atoms with Gasteiger partial charge in [-0.2, -0.15) is 0 Å². The summed E-state index contributed by atoms with van der Waals surface area (Å²) in [7, 11) is 0. The Balaban J connectivity index is 1.61. The molecule has 0 aliphatic rings. The molecule has 0 aliphatic carbocycles. The summed E-state index contributed by atoms with van der Waals surface area (Å²) in [4.78, 5) is 23.9. The van der Waals surface area contributed by atoms with Gasteiger partial charge >= 0.3 is 11.6 Å². The zero-order valence-corrected chi connectivity index (χ0v) is 26.1. The lowest BCUT2D eigenvalue weighted by Crippen LogP contribution is -2.39. The Morgan fingerprint density at radius 3 is 2.10 bits per heavy atom. The Labute approximate surface area is 247 Å². The first-order valence-electron chi connectivity index (χ1n) is 15.9. The lowest BCUT2D eigenvalue weighted by Gasteiger charge is -2.29. The summed E-state index contributed by atoms with van der Waals surface area (Å²) in [6.45, 7) is 8.00. The van der Waals surface area contributed by atoms with Gasteiger partial charge in [-0.25, -0.2) is 4.79 Å². The fourth-order valence-corrected chi connectivity index (χ4v) is 4.93. The molecule has 230 valence electrons. The Bertz CT molecular complexity index is 1090. The number of ether oxygens (including phenoxy) is 2. The van der Waals surface area contributed by atoms with Crippen LogP contribution in [0, 0.1) is 0 Å². The van der Waals surface area contributed by atoms with Gasteiger partial charge in [0, 0.05) is 23.9 Å². The quantitative estimate of drug-likeness (QED) is 0.0658. The highest BCUT2D eigenvalue weighted by Crippen LogP contribution is 2.23. The summed E-state index contributed by atoms with van der Waals surface area (Å²) in [6.07, 6.45) is 19.5. The fraction of sp³-hybridized carbons (Fsp3) is 0.657. The minimum Gasteiger partial charge on any atom is -0.489 e. The summed E-state index contributed by atoms with van der Waals surface area (Å²) in [6, 6.07) is 8.52. The maximum absolute atomic E-state index is 12.5.